The van der Waals surface area contributed by atoms with Crippen LogP contribution in [0.3, 0.4) is 0 Å². The summed E-state index contributed by atoms with van der Waals surface area (Å²) in [6.45, 7) is 19.9. The molecule has 37 heavy (non-hydrogen) atoms. The van der Waals surface area contributed by atoms with E-state index >= 15 is 0 Å². The zero-order chi connectivity index (χ0) is 29.7. The first-order valence-electron chi connectivity index (χ1n) is 12.8. The second-order valence-electron chi connectivity index (χ2n) is 6.82. The van der Waals surface area contributed by atoms with Crippen LogP contribution >= 0.6 is 25.0 Å². The van der Waals surface area contributed by atoms with Crippen LogP contribution in [0.15, 0.2) is 18.2 Å². The Kier molecular flexibility index (Phi) is 24.4. The van der Waals surface area contributed by atoms with Gasteiger partial charge >= 0.3 is 0 Å². The lowest BCUT2D eigenvalue weighted by molar-refractivity contribution is -0.119. The summed E-state index contributed by atoms with van der Waals surface area (Å²) < 4.78 is 5.62. The van der Waals surface area contributed by atoms with Crippen LogP contribution in [-0.2, 0) is 9.53 Å². The molecule has 0 saturated heterocycles. The third-order valence-electron chi connectivity index (χ3n) is 4.67. The lowest BCUT2D eigenvalue weighted by atomic mass is 10.1. The molecule has 2 rings (SSSR count). The van der Waals surface area contributed by atoms with Gasteiger partial charge in [-0.15, -0.1) is 0 Å². The summed E-state index contributed by atoms with van der Waals surface area (Å²) in [5.41, 5.74) is 2.28. The van der Waals surface area contributed by atoms with E-state index in [1.165, 1.54) is 8.99 Å². The van der Waals surface area contributed by atoms with Crippen molar-refractivity contribution < 1.29 is 14.3 Å². The van der Waals surface area contributed by atoms with E-state index in [1.807, 2.05) is 80.5 Å². The number of aromatic amines is 1. The molecule has 0 aliphatic heterocycles. The predicted octanol–water partition coefficient (Wildman–Crippen LogP) is 5.86. The second kappa shape index (κ2) is 22.9. The predicted molar refractivity (Wildman–Crippen MR) is 164 cm³/mol. The SMILES string of the molecule is CC.CC.CC.CCN(CC)CC(=O)N(C)c1ccc(C)c(N(C)C(=O)c2nc(=S)[nH]n2S)c1.COC. The number of rotatable bonds is 7. The highest BCUT2D eigenvalue weighted by Gasteiger charge is 2.22. The van der Waals surface area contributed by atoms with Crippen molar-refractivity contribution in [2.45, 2.75) is 62.3 Å². The number of carbonyl (C=O) groups is 2. The smallest absolute Gasteiger partial charge is 0.296 e. The number of hydrogen-bond donors (Lipinski definition) is 2. The van der Waals surface area contributed by atoms with Crippen LogP contribution in [0.4, 0.5) is 11.4 Å². The van der Waals surface area contributed by atoms with Crippen LogP contribution in [-0.4, -0.2) is 78.8 Å². The molecule has 1 N–H and O–H groups in total. The van der Waals surface area contributed by atoms with Gasteiger partial charge in [-0.05, 0) is 62.7 Å². The summed E-state index contributed by atoms with van der Waals surface area (Å²) in [6.07, 6.45) is 0. The lowest BCUT2D eigenvalue weighted by Crippen LogP contribution is -2.38. The van der Waals surface area contributed by atoms with Crippen molar-refractivity contribution in [2.75, 3.05) is 57.7 Å². The van der Waals surface area contributed by atoms with Crippen molar-refractivity contribution in [2.24, 2.45) is 0 Å². The number of amides is 2. The number of aromatic nitrogens is 3. The molecule has 0 spiro atoms. The van der Waals surface area contributed by atoms with Crippen molar-refractivity contribution in [1.29, 1.82) is 0 Å². The topological polar surface area (TPSA) is 86.7 Å². The largest absolute Gasteiger partial charge is 0.388 e. The van der Waals surface area contributed by atoms with Crippen molar-refractivity contribution in [3.63, 3.8) is 0 Å². The molecule has 11 heteroatoms. The van der Waals surface area contributed by atoms with Crippen LogP contribution in [0.1, 0.15) is 71.6 Å². The van der Waals surface area contributed by atoms with E-state index < -0.39 is 0 Å². The molecule has 0 fully saturated rings. The number of methoxy groups -OCH3 is 1. The van der Waals surface area contributed by atoms with E-state index in [9.17, 15) is 9.59 Å². The summed E-state index contributed by atoms with van der Waals surface area (Å²) in [6, 6.07) is 5.57. The van der Waals surface area contributed by atoms with Crippen LogP contribution in [0, 0.1) is 11.7 Å². The summed E-state index contributed by atoms with van der Waals surface area (Å²) in [4.78, 5) is 34.6. The normalized spacial score (nSPS) is 9.27. The average molecular weight is 559 g/mol. The molecule has 214 valence electrons. The fraction of sp³-hybridized carbons (Fsp3) is 0.615. The van der Waals surface area contributed by atoms with Gasteiger partial charge in [0.1, 0.15) is 0 Å². The highest BCUT2D eigenvalue weighted by atomic mass is 32.1. The van der Waals surface area contributed by atoms with Crippen LogP contribution in [0.2, 0.25) is 0 Å². The Balaban J connectivity index is -0.00000114. The van der Waals surface area contributed by atoms with E-state index in [0.717, 1.165) is 18.7 Å². The molecule has 0 bridgehead atoms. The Morgan fingerprint density at radius 2 is 1.51 bits per heavy atom. The third kappa shape index (κ3) is 13.2. The number of H-pyrrole nitrogens is 1. The number of carbonyl (C=O) groups excluding carboxylic acids is 2. The molecule has 0 saturated carbocycles. The van der Waals surface area contributed by atoms with Crippen LogP contribution in [0.5, 0.6) is 0 Å². The molecule has 9 nitrogen and oxygen atoms in total. The number of nitrogens with one attached hydrogen (secondary N) is 1. The number of benzene rings is 1. The molecular formula is C26H50N6O3S2. The minimum Gasteiger partial charge on any atom is -0.388 e. The van der Waals surface area contributed by atoms with E-state index in [-0.39, 0.29) is 22.4 Å². The number of hydrogen-bond acceptors (Lipinski definition) is 7. The first-order valence-corrected chi connectivity index (χ1v) is 13.6. The van der Waals surface area contributed by atoms with E-state index in [2.05, 4.69) is 32.5 Å². The van der Waals surface area contributed by atoms with Gasteiger partial charge in [-0.25, -0.2) is 4.09 Å². The monoisotopic (exact) mass is 558 g/mol. The molecule has 2 amide bonds. The van der Waals surface area contributed by atoms with Crippen molar-refractivity contribution in [3.8, 4) is 0 Å². The van der Waals surface area contributed by atoms with Gasteiger partial charge in [-0.1, -0.05) is 61.5 Å². The molecule has 1 heterocycles. The maximum atomic E-state index is 12.8. The zero-order valence-corrected chi connectivity index (χ0v) is 26.9. The summed E-state index contributed by atoms with van der Waals surface area (Å²) in [7, 11) is 6.64. The van der Waals surface area contributed by atoms with Crippen LogP contribution < -0.4 is 9.80 Å². The lowest BCUT2D eigenvalue weighted by Gasteiger charge is -2.25. The molecule has 2 aromatic rings. The molecule has 0 aliphatic rings. The maximum absolute atomic E-state index is 12.8. The Morgan fingerprint density at radius 1 is 1.03 bits per heavy atom. The number of likely N-dealkylation sites (N-methyl/N-ethyl adjacent to an activating group) is 2. The molecule has 0 unspecified atom stereocenters. The average Bonchev–Trinajstić information content (AvgIpc) is 3.27. The Morgan fingerprint density at radius 3 is 1.92 bits per heavy atom. The maximum Gasteiger partial charge on any atom is 0.296 e. The minimum atomic E-state index is -0.361. The first-order chi connectivity index (χ1) is 17.6. The number of thiol groups is 1. The van der Waals surface area contributed by atoms with Gasteiger partial charge in [0.2, 0.25) is 16.5 Å². The zero-order valence-electron chi connectivity index (χ0n) is 25.2. The highest BCUT2D eigenvalue weighted by molar-refractivity contribution is 7.78. The first kappa shape index (κ1) is 39.3. The molecular weight excluding hydrogens is 508 g/mol. The standard InChI is InChI=1S/C18H26N6O2S2.C2H6O.3C2H6/c1-6-23(7-2)11-15(25)21(4)13-9-8-12(3)14(10-13)22(5)17(26)16-19-18(27)20-24(16)28;1-3-2;3*1-2/h8-10,28H,6-7,11H2,1-5H3,(H,20,27);1-2H3;3*1-2H3. The van der Waals surface area contributed by atoms with Crippen molar-refractivity contribution >= 4 is 48.2 Å². The van der Waals surface area contributed by atoms with Gasteiger partial charge in [-0.2, -0.15) is 4.98 Å². The van der Waals surface area contributed by atoms with Crippen LogP contribution in [0.25, 0.3) is 0 Å². The number of ether oxygens (including phenoxy) is 1. The second-order valence-corrected chi connectivity index (χ2v) is 7.61. The van der Waals surface area contributed by atoms with E-state index in [4.69, 9.17) is 12.2 Å². The molecule has 0 radical (unpaired) electrons. The molecule has 1 aromatic heterocycles. The van der Waals surface area contributed by atoms with Gasteiger partial charge in [-0.3, -0.25) is 19.6 Å². The quantitative estimate of drug-likeness (QED) is 0.327. The number of aryl methyl sites for hydroxylation is 1. The highest BCUT2D eigenvalue weighted by Crippen LogP contribution is 2.26. The van der Waals surface area contributed by atoms with Gasteiger partial charge in [0, 0.05) is 39.7 Å². The third-order valence-corrected chi connectivity index (χ3v) is 5.15. The minimum absolute atomic E-state index is 0.0104. The Labute approximate surface area is 235 Å². The summed E-state index contributed by atoms with van der Waals surface area (Å²) in [5, 5.41) is 2.66. The molecule has 0 atom stereocenters. The van der Waals surface area contributed by atoms with Gasteiger partial charge in [0.05, 0.1) is 6.54 Å². The van der Waals surface area contributed by atoms with Gasteiger partial charge in [0.25, 0.3) is 5.91 Å². The summed E-state index contributed by atoms with van der Waals surface area (Å²) in [5.74, 6) is -0.282. The Hall–Kier alpha value is -2.21. The molecule has 0 aliphatic carbocycles. The van der Waals surface area contributed by atoms with E-state index in [0.29, 0.717) is 17.9 Å². The van der Waals surface area contributed by atoms with Gasteiger partial charge < -0.3 is 14.5 Å². The fourth-order valence-corrected chi connectivity index (χ4v) is 3.24. The Bertz CT molecular complexity index is 943. The van der Waals surface area contributed by atoms with Crippen molar-refractivity contribution in [3.05, 3.63) is 34.4 Å². The number of nitrogens with zero attached hydrogens (tertiary/aromatic N) is 5. The number of anilines is 2. The van der Waals surface area contributed by atoms with Crippen molar-refractivity contribution in [1.82, 2.24) is 19.1 Å². The summed E-state index contributed by atoms with van der Waals surface area (Å²) >= 11 is 9.10. The molecule has 1 aromatic carbocycles. The van der Waals surface area contributed by atoms with Gasteiger partial charge in [0.15, 0.2) is 0 Å². The fourth-order valence-electron chi connectivity index (χ4n) is 2.77. The van der Waals surface area contributed by atoms with E-state index in [1.54, 1.807) is 33.2 Å².